The van der Waals surface area contributed by atoms with E-state index in [9.17, 15) is 4.79 Å². The molecule has 0 amide bonds. The first-order valence-electron chi connectivity index (χ1n) is 4.32. The van der Waals surface area contributed by atoms with Gasteiger partial charge in [-0.15, -0.1) is 0 Å². The fourth-order valence-corrected chi connectivity index (χ4v) is 1.24. The molecule has 0 radical (unpaired) electrons. The van der Waals surface area contributed by atoms with Crippen LogP contribution in [0.15, 0.2) is 16.9 Å². The largest absolute Gasteiger partial charge is 0.316 e. The van der Waals surface area contributed by atoms with Crippen molar-refractivity contribution in [3.05, 3.63) is 33.7 Å². The Morgan fingerprint density at radius 1 is 1.38 bits per heavy atom. The van der Waals surface area contributed by atoms with Crippen molar-refractivity contribution in [3.63, 3.8) is 0 Å². The van der Waals surface area contributed by atoms with Gasteiger partial charge in [-0.1, -0.05) is 6.07 Å². The quantitative estimate of drug-likeness (QED) is 0.671. The van der Waals surface area contributed by atoms with E-state index >= 15 is 0 Å². The van der Waals surface area contributed by atoms with Crippen LogP contribution in [0.25, 0.3) is 0 Å². The number of aryl methyl sites for hydroxylation is 1. The van der Waals surface area contributed by atoms with Crippen molar-refractivity contribution in [2.45, 2.75) is 13.5 Å². The first kappa shape index (κ1) is 9.99. The molecule has 0 atom stereocenters. The van der Waals surface area contributed by atoms with Crippen LogP contribution in [-0.4, -0.2) is 23.6 Å². The SMILES string of the molecule is Cc1ccc(CN(C)C)c(=O)n1C. The summed E-state index contributed by atoms with van der Waals surface area (Å²) < 4.78 is 1.68. The average Bonchev–Trinajstić information content (AvgIpc) is 2.06. The van der Waals surface area contributed by atoms with Gasteiger partial charge in [0.05, 0.1) is 0 Å². The summed E-state index contributed by atoms with van der Waals surface area (Å²) in [6.07, 6.45) is 0. The predicted octanol–water partition coefficient (Wildman–Crippen LogP) is 0.755. The van der Waals surface area contributed by atoms with E-state index < -0.39 is 0 Å². The minimum absolute atomic E-state index is 0.105. The fraction of sp³-hybridized carbons (Fsp3) is 0.500. The number of nitrogens with zero attached hydrogens (tertiary/aromatic N) is 2. The van der Waals surface area contributed by atoms with E-state index in [4.69, 9.17) is 0 Å². The van der Waals surface area contributed by atoms with E-state index in [0.717, 1.165) is 11.3 Å². The third-order valence-corrected chi connectivity index (χ3v) is 2.12. The van der Waals surface area contributed by atoms with E-state index in [2.05, 4.69) is 0 Å². The zero-order valence-corrected chi connectivity index (χ0v) is 8.66. The summed E-state index contributed by atoms with van der Waals surface area (Å²) in [6.45, 7) is 2.63. The summed E-state index contributed by atoms with van der Waals surface area (Å²) in [4.78, 5) is 13.7. The molecular formula is C10H16N2O. The van der Waals surface area contributed by atoms with Crippen LogP contribution in [-0.2, 0) is 13.6 Å². The van der Waals surface area contributed by atoms with Gasteiger partial charge in [-0.05, 0) is 27.1 Å². The van der Waals surface area contributed by atoms with Crippen LogP contribution in [0.3, 0.4) is 0 Å². The van der Waals surface area contributed by atoms with E-state index in [-0.39, 0.29) is 5.56 Å². The van der Waals surface area contributed by atoms with E-state index in [1.165, 1.54) is 0 Å². The standard InChI is InChI=1S/C10H16N2O/c1-8-5-6-9(7-11(2)3)10(13)12(8)4/h5-6H,7H2,1-4H3. The van der Waals surface area contributed by atoms with Crippen molar-refractivity contribution in [2.24, 2.45) is 7.05 Å². The van der Waals surface area contributed by atoms with Crippen molar-refractivity contribution in [1.82, 2.24) is 9.47 Å². The molecule has 0 aromatic carbocycles. The zero-order chi connectivity index (χ0) is 10.0. The van der Waals surface area contributed by atoms with Crippen LogP contribution in [0.1, 0.15) is 11.3 Å². The normalized spacial score (nSPS) is 10.8. The van der Waals surface area contributed by atoms with Crippen molar-refractivity contribution < 1.29 is 0 Å². The minimum Gasteiger partial charge on any atom is -0.316 e. The van der Waals surface area contributed by atoms with Crippen molar-refractivity contribution in [2.75, 3.05) is 14.1 Å². The van der Waals surface area contributed by atoms with E-state index in [1.807, 2.05) is 38.1 Å². The van der Waals surface area contributed by atoms with Gasteiger partial charge in [0.2, 0.25) is 0 Å². The molecule has 1 aromatic rings. The van der Waals surface area contributed by atoms with Gasteiger partial charge in [0.25, 0.3) is 5.56 Å². The lowest BCUT2D eigenvalue weighted by Crippen LogP contribution is -2.26. The molecule has 1 rings (SSSR count). The summed E-state index contributed by atoms with van der Waals surface area (Å²) >= 11 is 0. The van der Waals surface area contributed by atoms with Crippen LogP contribution in [0.4, 0.5) is 0 Å². The Bertz CT molecular complexity index is 352. The molecule has 0 bridgehead atoms. The maximum atomic E-state index is 11.7. The van der Waals surface area contributed by atoms with Gasteiger partial charge in [-0.25, -0.2) is 0 Å². The monoisotopic (exact) mass is 180 g/mol. The molecule has 0 spiro atoms. The summed E-state index contributed by atoms with van der Waals surface area (Å²) in [5, 5.41) is 0. The van der Waals surface area contributed by atoms with Gasteiger partial charge < -0.3 is 9.47 Å². The number of pyridine rings is 1. The Balaban J connectivity index is 3.12. The minimum atomic E-state index is 0.105. The summed E-state index contributed by atoms with van der Waals surface area (Å²) in [7, 11) is 5.72. The molecule has 3 heteroatoms. The zero-order valence-electron chi connectivity index (χ0n) is 8.66. The third kappa shape index (κ3) is 2.18. The molecule has 0 saturated carbocycles. The first-order chi connectivity index (χ1) is 6.02. The van der Waals surface area contributed by atoms with Crippen molar-refractivity contribution in [1.29, 1.82) is 0 Å². The van der Waals surface area contributed by atoms with Crippen molar-refractivity contribution >= 4 is 0 Å². The Kier molecular flexibility index (Phi) is 2.88. The third-order valence-electron chi connectivity index (χ3n) is 2.12. The molecule has 0 fully saturated rings. The lowest BCUT2D eigenvalue weighted by molar-refractivity contribution is 0.399. The molecule has 0 aliphatic rings. The van der Waals surface area contributed by atoms with Crippen molar-refractivity contribution in [3.8, 4) is 0 Å². The molecule has 0 saturated heterocycles. The molecule has 0 unspecified atom stereocenters. The van der Waals surface area contributed by atoms with Gasteiger partial charge in [-0.2, -0.15) is 0 Å². The van der Waals surface area contributed by atoms with Gasteiger partial charge in [-0.3, -0.25) is 4.79 Å². The number of rotatable bonds is 2. The summed E-state index contributed by atoms with van der Waals surface area (Å²) in [5.41, 5.74) is 1.94. The second-order valence-corrected chi connectivity index (χ2v) is 3.60. The lowest BCUT2D eigenvalue weighted by atomic mass is 10.2. The fourth-order valence-electron chi connectivity index (χ4n) is 1.24. The van der Waals surface area contributed by atoms with Gasteiger partial charge in [0.1, 0.15) is 0 Å². The molecule has 1 heterocycles. The molecule has 13 heavy (non-hydrogen) atoms. The molecule has 0 aliphatic heterocycles. The lowest BCUT2D eigenvalue weighted by Gasteiger charge is -2.11. The Morgan fingerprint density at radius 3 is 2.54 bits per heavy atom. The molecule has 3 nitrogen and oxygen atoms in total. The second-order valence-electron chi connectivity index (χ2n) is 3.60. The van der Waals surface area contributed by atoms with Gasteiger partial charge in [0.15, 0.2) is 0 Å². The highest BCUT2D eigenvalue weighted by molar-refractivity contribution is 5.14. The van der Waals surface area contributed by atoms with Crippen LogP contribution >= 0.6 is 0 Å². The average molecular weight is 180 g/mol. The smallest absolute Gasteiger partial charge is 0.254 e. The molecular weight excluding hydrogens is 164 g/mol. The number of aromatic nitrogens is 1. The van der Waals surface area contributed by atoms with Crippen LogP contribution < -0.4 is 5.56 Å². The molecule has 72 valence electrons. The van der Waals surface area contributed by atoms with Crippen LogP contribution in [0.5, 0.6) is 0 Å². The summed E-state index contributed by atoms with van der Waals surface area (Å²) in [6, 6.07) is 3.87. The highest BCUT2D eigenvalue weighted by Crippen LogP contribution is 1.98. The van der Waals surface area contributed by atoms with Gasteiger partial charge >= 0.3 is 0 Å². The Morgan fingerprint density at radius 2 is 2.00 bits per heavy atom. The summed E-state index contributed by atoms with van der Waals surface area (Å²) in [5.74, 6) is 0. The second kappa shape index (κ2) is 3.75. The molecule has 0 N–H and O–H groups in total. The number of hydrogen-bond acceptors (Lipinski definition) is 2. The number of hydrogen-bond donors (Lipinski definition) is 0. The van der Waals surface area contributed by atoms with Crippen LogP contribution in [0, 0.1) is 6.92 Å². The highest BCUT2D eigenvalue weighted by atomic mass is 16.1. The topological polar surface area (TPSA) is 25.2 Å². The van der Waals surface area contributed by atoms with E-state index in [1.54, 1.807) is 11.6 Å². The Labute approximate surface area is 78.6 Å². The first-order valence-corrected chi connectivity index (χ1v) is 4.32. The maximum absolute atomic E-state index is 11.7. The van der Waals surface area contributed by atoms with E-state index in [0.29, 0.717) is 6.54 Å². The maximum Gasteiger partial charge on any atom is 0.254 e. The predicted molar refractivity (Wildman–Crippen MR) is 53.8 cm³/mol. The highest BCUT2D eigenvalue weighted by Gasteiger charge is 2.03. The molecule has 1 aromatic heterocycles. The Hall–Kier alpha value is -1.09. The van der Waals surface area contributed by atoms with Crippen LogP contribution in [0.2, 0.25) is 0 Å². The molecule has 0 aliphatic carbocycles. The van der Waals surface area contributed by atoms with Gasteiger partial charge in [0, 0.05) is 24.8 Å².